The quantitative estimate of drug-likeness (QED) is 0.364. The second kappa shape index (κ2) is 8.92. The largest absolute Gasteiger partial charge is 0.486 e. The predicted molar refractivity (Wildman–Crippen MR) is 133 cm³/mol. The van der Waals surface area contributed by atoms with Gasteiger partial charge in [-0.25, -0.2) is 0 Å². The molecule has 5 rings (SSSR count). The Bertz CT molecular complexity index is 1150. The van der Waals surface area contributed by atoms with Gasteiger partial charge in [-0.05, 0) is 23.1 Å². The van der Waals surface area contributed by atoms with E-state index in [0.29, 0.717) is 0 Å². The number of carbonyl (C=O) groups excluding carboxylic acids is 1. The first kappa shape index (κ1) is 22.1. The Balaban J connectivity index is 1.53. The van der Waals surface area contributed by atoms with Crippen LogP contribution in [0, 0.1) is 17.3 Å². The summed E-state index contributed by atoms with van der Waals surface area (Å²) in [7, 11) is 0. The van der Waals surface area contributed by atoms with E-state index in [4.69, 9.17) is 4.74 Å². The molecule has 0 radical (unpaired) electrons. The molecule has 1 saturated carbocycles. The molecule has 2 bridgehead atoms. The van der Waals surface area contributed by atoms with Gasteiger partial charge in [0.1, 0.15) is 18.1 Å². The lowest BCUT2D eigenvalue weighted by molar-refractivity contribution is -0.119. The number of carbonyl (C=O) groups is 1. The molecule has 0 saturated heterocycles. The number of allylic oxidation sites excluding steroid dienone is 2. The molecule has 0 heterocycles. The molecule has 0 aliphatic heterocycles. The first-order chi connectivity index (χ1) is 16.0. The summed E-state index contributed by atoms with van der Waals surface area (Å²) in [6.45, 7) is 2.05. The Morgan fingerprint density at radius 1 is 0.939 bits per heavy atom. The summed E-state index contributed by atoms with van der Waals surface area (Å²) >= 11 is 3.84. The number of fused-ring (bicyclic) bond motifs is 2. The summed E-state index contributed by atoms with van der Waals surface area (Å²) in [6.07, 6.45) is 0.547. The Morgan fingerprint density at radius 2 is 1.48 bits per heavy atom. The van der Waals surface area contributed by atoms with Crippen molar-refractivity contribution in [1.29, 1.82) is 0 Å². The van der Waals surface area contributed by atoms with Crippen LogP contribution in [0.1, 0.15) is 48.2 Å². The summed E-state index contributed by atoms with van der Waals surface area (Å²) in [4.78, 5) is 12.5. The van der Waals surface area contributed by atoms with Gasteiger partial charge in [-0.2, -0.15) is 0 Å². The minimum absolute atomic E-state index is 0.0474. The fourth-order valence-electron chi connectivity index (χ4n) is 5.75. The Kier molecular flexibility index (Phi) is 5.98. The van der Waals surface area contributed by atoms with E-state index in [1.807, 2.05) is 78.9 Å². The van der Waals surface area contributed by atoms with E-state index in [1.165, 1.54) is 5.56 Å². The lowest BCUT2D eigenvalue weighted by atomic mass is 9.67. The molecule has 3 aromatic rings. The smallest absolute Gasteiger partial charge is 0.153 e. The number of rotatable bonds is 7. The molecule has 3 nitrogen and oxygen atoms in total. The Morgan fingerprint density at radius 3 is 2.06 bits per heavy atom. The number of hydrogen-bond acceptors (Lipinski definition) is 3. The average Bonchev–Trinajstić information content (AvgIpc) is 3.36. The Labute approximate surface area is 203 Å². The zero-order chi connectivity index (χ0) is 23.0. The maximum atomic E-state index is 12.5. The highest BCUT2D eigenvalue weighted by Gasteiger charge is 2.60. The lowest BCUT2D eigenvalue weighted by Crippen LogP contribution is -2.35. The summed E-state index contributed by atoms with van der Waals surface area (Å²) in [5.41, 5.74) is 2.31. The molecule has 3 aromatic carbocycles. The number of aliphatic hydroxyl groups excluding tert-OH is 1. The van der Waals surface area contributed by atoms with Gasteiger partial charge in [0.15, 0.2) is 6.10 Å². The third-order valence-electron chi connectivity index (χ3n) is 7.41. The Hall–Kier alpha value is -2.69. The normalized spacial score (nSPS) is 27.9. The van der Waals surface area contributed by atoms with Crippen LogP contribution in [0.2, 0.25) is 0 Å². The van der Waals surface area contributed by atoms with E-state index >= 15 is 0 Å². The van der Waals surface area contributed by atoms with Crippen molar-refractivity contribution in [2.75, 3.05) is 0 Å². The van der Waals surface area contributed by atoms with Crippen LogP contribution in [0.5, 0.6) is 0 Å². The molecule has 0 unspecified atom stereocenters. The van der Waals surface area contributed by atoms with Crippen molar-refractivity contribution in [3.8, 4) is 0 Å². The summed E-state index contributed by atoms with van der Waals surface area (Å²) in [6, 6.07) is 29.7. The molecule has 33 heavy (non-hydrogen) atoms. The van der Waals surface area contributed by atoms with Crippen LogP contribution in [0.25, 0.3) is 0 Å². The number of hydrogen-bond donors (Lipinski definition) is 1. The molecule has 0 amide bonds. The number of ether oxygens (including phenoxy) is 1. The summed E-state index contributed by atoms with van der Waals surface area (Å²) in [5, 5.41) is 11.3. The zero-order valence-corrected chi connectivity index (χ0v) is 20.1. The van der Waals surface area contributed by atoms with Crippen molar-refractivity contribution in [2.24, 2.45) is 17.3 Å². The van der Waals surface area contributed by atoms with Gasteiger partial charge < -0.3 is 14.6 Å². The van der Waals surface area contributed by atoms with Crippen LogP contribution in [0.15, 0.2) is 101 Å². The molecule has 2 aliphatic carbocycles. The van der Waals surface area contributed by atoms with E-state index in [0.717, 1.165) is 34.1 Å². The minimum Gasteiger partial charge on any atom is -0.486 e. The van der Waals surface area contributed by atoms with E-state index < -0.39 is 17.6 Å². The van der Waals surface area contributed by atoms with Crippen molar-refractivity contribution in [3.05, 3.63) is 118 Å². The zero-order valence-electron chi connectivity index (χ0n) is 18.5. The third-order valence-corrected chi connectivity index (χ3v) is 8.39. The van der Waals surface area contributed by atoms with Crippen LogP contribution in [0.3, 0.4) is 0 Å². The molecule has 0 spiro atoms. The van der Waals surface area contributed by atoms with Gasteiger partial charge in [-0.1, -0.05) is 114 Å². The van der Waals surface area contributed by atoms with E-state index in [1.54, 1.807) is 0 Å². The molecule has 4 heteroatoms. The van der Waals surface area contributed by atoms with Crippen molar-refractivity contribution >= 4 is 22.2 Å². The standard InChI is InChI=1S/C29H27BrO3/c1-29(18-31)23-17-22(24(29)19-11-5-2-6-12-19)25(30)28(23)33-27(21-15-9-4-10-16-21)26(32)20-13-7-3-8-14-20/h2-16,18,22-24,26-27,32H,17H2,1H3/t22-,23-,24-,26-,27-,29+/m1/s1. The van der Waals surface area contributed by atoms with Gasteiger partial charge in [0, 0.05) is 27.7 Å². The second-order valence-corrected chi connectivity index (χ2v) is 10.1. The van der Waals surface area contributed by atoms with Crippen molar-refractivity contribution in [3.63, 3.8) is 0 Å². The van der Waals surface area contributed by atoms with Crippen LogP contribution in [0.4, 0.5) is 0 Å². The van der Waals surface area contributed by atoms with Gasteiger partial charge in [0.2, 0.25) is 0 Å². The highest BCUT2D eigenvalue weighted by atomic mass is 79.9. The lowest BCUT2D eigenvalue weighted by Gasteiger charge is -2.39. The maximum absolute atomic E-state index is 12.5. The van der Waals surface area contributed by atoms with Crippen LogP contribution in [-0.4, -0.2) is 11.4 Å². The maximum Gasteiger partial charge on any atom is 0.153 e. The van der Waals surface area contributed by atoms with Crippen molar-refractivity contribution in [2.45, 2.75) is 31.5 Å². The molecular formula is C29H27BrO3. The first-order valence-corrected chi connectivity index (χ1v) is 12.2. The minimum atomic E-state index is -0.840. The number of aldehydes is 1. The van der Waals surface area contributed by atoms with Crippen LogP contribution < -0.4 is 0 Å². The molecule has 1 N–H and O–H groups in total. The van der Waals surface area contributed by atoms with E-state index in [9.17, 15) is 9.90 Å². The van der Waals surface area contributed by atoms with Crippen molar-refractivity contribution in [1.82, 2.24) is 0 Å². The SMILES string of the molecule is C[C@]1(C=O)[C@@H]2C[C@@H](C(Br)=C2O[C@H](c2ccccc2)[C@H](O)c2ccccc2)[C@H]1c1ccccc1. The molecule has 6 atom stereocenters. The van der Waals surface area contributed by atoms with Crippen LogP contribution >= 0.6 is 15.9 Å². The fraction of sp³-hybridized carbons (Fsp3) is 0.276. The average molecular weight is 503 g/mol. The van der Waals surface area contributed by atoms with Gasteiger partial charge in [0.25, 0.3) is 0 Å². The highest BCUT2D eigenvalue weighted by molar-refractivity contribution is 9.11. The second-order valence-electron chi connectivity index (χ2n) is 9.28. The van der Waals surface area contributed by atoms with Crippen molar-refractivity contribution < 1.29 is 14.6 Å². The molecule has 168 valence electrons. The fourth-order valence-corrected chi connectivity index (χ4v) is 6.57. The summed E-state index contributed by atoms with van der Waals surface area (Å²) in [5.74, 6) is 1.02. The van der Waals surface area contributed by atoms with Gasteiger partial charge in [0.05, 0.1) is 0 Å². The monoisotopic (exact) mass is 502 g/mol. The van der Waals surface area contributed by atoms with E-state index in [-0.39, 0.29) is 17.8 Å². The third kappa shape index (κ3) is 3.75. The molecule has 0 aromatic heterocycles. The van der Waals surface area contributed by atoms with Gasteiger partial charge in [-0.15, -0.1) is 0 Å². The topological polar surface area (TPSA) is 46.5 Å². The first-order valence-electron chi connectivity index (χ1n) is 11.4. The molecular weight excluding hydrogens is 476 g/mol. The molecule has 2 aliphatic rings. The highest BCUT2D eigenvalue weighted by Crippen LogP contribution is 2.66. The number of halogens is 1. The molecule has 1 fully saturated rings. The van der Waals surface area contributed by atoms with Crippen LogP contribution in [-0.2, 0) is 9.53 Å². The van der Waals surface area contributed by atoms with Gasteiger partial charge in [-0.3, -0.25) is 0 Å². The predicted octanol–water partition coefficient (Wildman–Crippen LogP) is 6.72. The summed E-state index contributed by atoms with van der Waals surface area (Å²) < 4.78 is 7.68. The van der Waals surface area contributed by atoms with E-state index in [2.05, 4.69) is 35.0 Å². The van der Waals surface area contributed by atoms with Gasteiger partial charge >= 0.3 is 0 Å². The number of aliphatic hydroxyl groups is 1. The number of benzene rings is 3.